The Hall–Kier alpha value is -1.42. The first-order chi connectivity index (χ1) is 12.6. The molecular weight excluding hydrogens is 363 g/mol. The van der Waals surface area contributed by atoms with E-state index >= 15 is 0 Å². The Kier molecular flexibility index (Phi) is 13.0. The second kappa shape index (κ2) is 13.7. The maximum absolute atomic E-state index is 11.9. The summed E-state index contributed by atoms with van der Waals surface area (Å²) in [6, 6.07) is 0. The molecule has 0 spiro atoms. The van der Waals surface area contributed by atoms with E-state index in [-0.39, 0.29) is 13.0 Å². The molecule has 2 atom stereocenters. The molecule has 27 heavy (non-hydrogen) atoms. The predicted molar refractivity (Wildman–Crippen MR) is 112 cm³/mol. The molecule has 0 aliphatic heterocycles. The highest BCUT2D eigenvalue weighted by atomic mass is 31.2. The molecule has 0 amide bonds. The third-order valence-electron chi connectivity index (χ3n) is 3.99. The summed E-state index contributed by atoms with van der Waals surface area (Å²) in [5, 5.41) is 9.13. The molecule has 0 fully saturated rings. The third kappa shape index (κ3) is 12.6. The van der Waals surface area contributed by atoms with E-state index in [4.69, 9.17) is 9.63 Å². The van der Waals surface area contributed by atoms with Gasteiger partial charge in [-0.25, -0.2) is 0 Å². The average molecular weight is 398 g/mol. The summed E-state index contributed by atoms with van der Waals surface area (Å²) in [4.78, 5) is 20.9. The molecular formula is C21H35O5P. The van der Waals surface area contributed by atoms with Crippen LogP contribution in [0.15, 0.2) is 47.1 Å². The molecule has 0 aliphatic rings. The van der Waals surface area contributed by atoms with Crippen molar-refractivity contribution >= 4 is 13.6 Å². The van der Waals surface area contributed by atoms with Gasteiger partial charge in [-0.15, -0.1) is 0 Å². The molecule has 0 rings (SSSR count). The van der Waals surface area contributed by atoms with Crippen LogP contribution >= 0.6 is 7.60 Å². The SMILES string of the molecule is CCOP(=O)(O)C(C/C=C/C=C(\C)CC/C=C(\C)CCC=C(C)C)C(=O)O. The Balaban J connectivity index is 4.49. The van der Waals surface area contributed by atoms with Crippen LogP contribution < -0.4 is 0 Å². The summed E-state index contributed by atoms with van der Waals surface area (Å²) in [6.07, 6.45) is 13.7. The minimum absolute atomic E-state index is 0.00154. The average Bonchev–Trinajstić information content (AvgIpc) is 2.53. The lowest BCUT2D eigenvalue weighted by Crippen LogP contribution is -2.21. The van der Waals surface area contributed by atoms with Crippen LogP contribution in [-0.4, -0.2) is 28.2 Å². The van der Waals surface area contributed by atoms with Crippen molar-refractivity contribution in [3.05, 3.63) is 47.1 Å². The standard InChI is InChI=1S/C21H35O5P/c1-6-26-27(24,25)20(21(22)23)16-8-7-12-18(4)14-10-15-19(5)13-9-11-17(2)3/h7-8,11-12,15,20H,6,9-10,13-14,16H2,1-5H3,(H,22,23)(H,24,25)/b8-7+,18-12+,19-15+. The summed E-state index contributed by atoms with van der Waals surface area (Å²) in [5.74, 6) is -1.33. The van der Waals surface area contributed by atoms with Crippen molar-refractivity contribution in [2.75, 3.05) is 6.61 Å². The van der Waals surface area contributed by atoms with Crippen LogP contribution in [0.4, 0.5) is 0 Å². The van der Waals surface area contributed by atoms with Gasteiger partial charge in [0, 0.05) is 0 Å². The van der Waals surface area contributed by atoms with Crippen molar-refractivity contribution < 1.29 is 23.9 Å². The van der Waals surface area contributed by atoms with Gasteiger partial charge in [0.25, 0.3) is 0 Å². The normalized spacial score (nSPS) is 16.2. The minimum atomic E-state index is -4.15. The summed E-state index contributed by atoms with van der Waals surface area (Å²) in [5.41, 5.74) is 2.46. The van der Waals surface area contributed by atoms with E-state index in [0.29, 0.717) is 0 Å². The minimum Gasteiger partial charge on any atom is -0.481 e. The first kappa shape index (κ1) is 25.6. The van der Waals surface area contributed by atoms with E-state index in [2.05, 4.69) is 32.9 Å². The van der Waals surface area contributed by atoms with Gasteiger partial charge in [-0.2, -0.15) is 0 Å². The largest absolute Gasteiger partial charge is 0.481 e. The summed E-state index contributed by atoms with van der Waals surface area (Å²) < 4.78 is 16.6. The zero-order chi connectivity index (χ0) is 20.9. The molecule has 5 nitrogen and oxygen atoms in total. The zero-order valence-corrected chi connectivity index (χ0v) is 18.2. The summed E-state index contributed by atoms with van der Waals surface area (Å²) in [6.45, 7) is 9.94. The van der Waals surface area contributed by atoms with Crippen molar-refractivity contribution in [2.45, 2.75) is 72.4 Å². The molecule has 0 saturated carbocycles. The van der Waals surface area contributed by atoms with Crippen LogP contribution in [0.1, 0.15) is 66.7 Å². The van der Waals surface area contributed by atoms with Crippen molar-refractivity contribution in [1.82, 2.24) is 0 Å². The molecule has 0 aliphatic carbocycles. The molecule has 0 aromatic heterocycles. The van der Waals surface area contributed by atoms with Crippen molar-refractivity contribution in [3.8, 4) is 0 Å². The van der Waals surface area contributed by atoms with E-state index in [1.165, 1.54) is 16.7 Å². The highest BCUT2D eigenvalue weighted by molar-refractivity contribution is 7.54. The highest BCUT2D eigenvalue weighted by Gasteiger charge is 2.37. The fourth-order valence-corrected chi connectivity index (χ4v) is 3.63. The van der Waals surface area contributed by atoms with Gasteiger partial charge < -0.3 is 14.5 Å². The topological polar surface area (TPSA) is 83.8 Å². The van der Waals surface area contributed by atoms with Gasteiger partial charge in [0.05, 0.1) is 6.61 Å². The number of carboxylic acids is 1. The molecule has 154 valence electrons. The van der Waals surface area contributed by atoms with Crippen molar-refractivity contribution in [1.29, 1.82) is 0 Å². The smallest absolute Gasteiger partial charge is 0.342 e. The Morgan fingerprint density at radius 2 is 1.67 bits per heavy atom. The van der Waals surface area contributed by atoms with E-state index < -0.39 is 19.2 Å². The second-order valence-corrected chi connectivity index (χ2v) is 8.93. The maximum Gasteiger partial charge on any atom is 0.342 e. The Morgan fingerprint density at radius 3 is 2.22 bits per heavy atom. The van der Waals surface area contributed by atoms with Crippen LogP contribution in [0.2, 0.25) is 0 Å². The fraction of sp³-hybridized carbons (Fsp3) is 0.571. The Labute approximate surface area is 164 Å². The Morgan fingerprint density at radius 1 is 1.07 bits per heavy atom. The molecule has 0 aromatic carbocycles. The van der Waals surface area contributed by atoms with Crippen LogP contribution in [0.3, 0.4) is 0 Å². The van der Waals surface area contributed by atoms with Crippen LogP contribution in [0.5, 0.6) is 0 Å². The summed E-state index contributed by atoms with van der Waals surface area (Å²) >= 11 is 0. The molecule has 0 radical (unpaired) electrons. The molecule has 0 heterocycles. The second-order valence-electron chi connectivity index (χ2n) is 6.92. The lowest BCUT2D eigenvalue weighted by molar-refractivity contribution is -0.136. The summed E-state index contributed by atoms with van der Waals surface area (Å²) in [7, 11) is -4.15. The van der Waals surface area contributed by atoms with Gasteiger partial charge in [-0.3, -0.25) is 9.36 Å². The zero-order valence-electron chi connectivity index (χ0n) is 17.3. The van der Waals surface area contributed by atoms with E-state index in [1.807, 2.05) is 13.0 Å². The number of aliphatic carboxylic acids is 1. The molecule has 2 unspecified atom stereocenters. The van der Waals surface area contributed by atoms with Crippen molar-refractivity contribution in [3.63, 3.8) is 0 Å². The van der Waals surface area contributed by atoms with Crippen LogP contribution in [0.25, 0.3) is 0 Å². The number of hydrogen-bond acceptors (Lipinski definition) is 3. The van der Waals surface area contributed by atoms with Gasteiger partial charge in [0.15, 0.2) is 5.66 Å². The lowest BCUT2D eigenvalue weighted by atomic mass is 10.1. The van der Waals surface area contributed by atoms with Crippen molar-refractivity contribution in [2.24, 2.45) is 0 Å². The molecule has 0 aromatic rings. The van der Waals surface area contributed by atoms with Gasteiger partial charge in [-0.1, -0.05) is 47.1 Å². The number of hydrogen-bond donors (Lipinski definition) is 2. The lowest BCUT2D eigenvalue weighted by Gasteiger charge is -2.16. The van der Waals surface area contributed by atoms with Crippen LogP contribution in [0, 0.1) is 0 Å². The molecule has 0 saturated heterocycles. The third-order valence-corrected chi connectivity index (χ3v) is 5.84. The predicted octanol–water partition coefficient (Wildman–Crippen LogP) is 6.03. The van der Waals surface area contributed by atoms with E-state index in [0.717, 1.165) is 25.7 Å². The first-order valence-electron chi connectivity index (χ1n) is 9.41. The number of carboxylic acid groups (broad SMARTS) is 1. The van der Waals surface area contributed by atoms with Gasteiger partial charge in [0.2, 0.25) is 0 Å². The molecule has 0 bridgehead atoms. The Bertz CT molecular complexity index is 624. The fourth-order valence-electron chi connectivity index (χ4n) is 2.41. The van der Waals surface area contributed by atoms with Gasteiger partial charge >= 0.3 is 13.6 Å². The number of carbonyl (C=O) groups is 1. The highest BCUT2D eigenvalue weighted by Crippen LogP contribution is 2.49. The number of rotatable bonds is 13. The molecule has 2 N–H and O–H groups in total. The van der Waals surface area contributed by atoms with Gasteiger partial charge in [0.1, 0.15) is 0 Å². The number of allylic oxidation sites excluding steroid dienone is 8. The van der Waals surface area contributed by atoms with Crippen LogP contribution in [-0.2, 0) is 13.9 Å². The van der Waals surface area contributed by atoms with Gasteiger partial charge in [-0.05, 0) is 66.7 Å². The monoisotopic (exact) mass is 398 g/mol. The first-order valence-corrected chi connectivity index (χ1v) is 11.1. The van der Waals surface area contributed by atoms with E-state index in [1.54, 1.807) is 19.1 Å². The quantitative estimate of drug-likeness (QED) is 0.225. The van der Waals surface area contributed by atoms with E-state index in [9.17, 15) is 14.3 Å². The maximum atomic E-state index is 11.9. The molecule has 6 heteroatoms.